The van der Waals surface area contributed by atoms with Gasteiger partial charge in [0.2, 0.25) is 0 Å². The highest BCUT2D eigenvalue weighted by atomic mass is 19.4. The molecule has 24 heavy (non-hydrogen) atoms. The molecule has 1 saturated heterocycles. The number of carbonyl (C=O) groups excluding carboxylic acids is 1. The van der Waals surface area contributed by atoms with Gasteiger partial charge >= 0.3 is 6.18 Å². The number of piperidine rings is 1. The number of nitrogens with two attached hydrogens (primary N) is 1. The topological polar surface area (TPSA) is 64.8 Å². The van der Waals surface area contributed by atoms with Crippen LogP contribution in [0.1, 0.15) is 23.2 Å². The summed E-state index contributed by atoms with van der Waals surface area (Å²) in [6, 6.07) is 3.86. The van der Waals surface area contributed by atoms with Gasteiger partial charge in [0.15, 0.2) is 0 Å². The maximum atomic E-state index is 13.2. The Bertz CT molecular complexity index is 566. The second-order valence-electron chi connectivity index (χ2n) is 5.72. The zero-order chi connectivity index (χ0) is 17.7. The molecule has 0 unspecified atom stereocenters. The van der Waals surface area contributed by atoms with Crippen molar-refractivity contribution < 1.29 is 27.4 Å². The van der Waals surface area contributed by atoms with Gasteiger partial charge in [0.1, 0.15) is 18.4 Å². The van der Waals surface area contributed by atoms with E-state index in [4.69, 9.17) is 15.2 Å². The van der Waals surface area contributed by atoms with Crippen molar-refractivity contribution in [1.29, 1.82) is 0 Å². The van der Waals surface area contributed by atoms with E-state index < -0.39 is 24.2 Å². The zero-order valence-electron chi connectivity index (χ0n) is 13.4. The number of amides is 1. The second kappa shape index (κ2) is 7.85. The minimum Gasteiger partial charge on any atom is -0.491 e. The number of rotatable bonds is 5. The molecule has 1 amide bonds. The number of halogens is 3. The Hall–Kier alpha value is -1.80. The third kappa shape index (κ3) is 4.61. The first-order valence-electron chi connectivity index (χ1n) is 7.68. The van der Waals surface area contributed by atoms with Gasteiger partial charge in [-0.15, -0.1) is 0 Å². The molecule has 0 aliphatic carbocycles. The number of benzene rings is 1. The zero-order valence-corrected chi connectivity index (χ0v) is 13.4. The number of carbonyl (C=O) groups is 1. The Balaban J connectivity index is 2.17. The Labute approximate surface area is 138 Å². The molecule has 1 heterocycles. The first-order chi connectivity index (χ1) is 11.3. The predicted molar refractivity (Wildman–Crippen MR) is 81.9 cm³/mol. The van der Waals surface area contributed by atoms with Gasteiger partial charge in [-0.25, -0.2) is 0 Å². The molecule has 1 aromatic carbocycles. The average molecular weight is 346 g/mol. The van der Waals surface area contributed by atoms with Gasteiger partial charge in [-0.05, 0) is 31.0 Å². The molecule has 1 fully saturated rings. The van der Waals surface area contributed by atoms with Crippen molar-refractivity contribution in [2.24, 2.45) is 5.73 Å². The highest BCUT2D eigenvalue weighted by molar-refractivity contribution is 5.95. The quantitative estimate of drug-likeness (QED) is 0.830. The molecule has 0 bridgehead atoms. The van der Waals surface area contributed by atoms with E-state index >= 15 is 0 Å². The van der Waals surface area contributed by atoms with Crippen LogP contribution in [0.3, 0.4) is 0 Å². The molecule has 0 saturated carbocycles. The van der Waals surface area contributed by atoms with Crippen LogP contribution >= 0.6 is 0 Å². The van der Waals surface area contributed by atoms with Crippen LogP contribution in [0.2, 0.25) is 0 Å². The summed E-state index contributed by atoms with van der Waals surface area (Å²) in [6.07, 6.45) is -4.41. The van der Waals surface area contributed by atoms with E-state index in [1.807, 2.05) is 0 Å². The summed E-state index contributed by atoms with van der Waals surface area (Å²) in [5.41, 5.74) is 5.90. The number of hydrogen-bond acceptors (Lipinski definition) is 4. The maximum Gasteiger partial charge on any atom is 0.408 e. The Morgan fingerprint density at radius 2 is 2.08 bits per heavy atom. The molecule has 2 N–H and O–H groups in total. The van der Waals surface area contributed by atoms with Crippen LogP contribution in [-0.2, 0) is 4.74 Å². The summed E-state index contributed by atoms with van der Waals surface area (Å²) < 4.78 is 49.9. The summed E-state index contributed by atoms with van der Waals surface area (Å²) in [6.45, 7) is 0.543. The smallest absolute Gasteiger partial charge is 0.408 e. The van der Waals surface area contributed by atoms with Crippen LogP contribution in [0.15, 0.2) is 24.3 Å². The van der Waals surface area contributed by atoms with Gasteiger partial charge in [0.05, 0.1) is 6.61 Å². The molecule has 134 valence electrons. The lowest BCUT2D eigenvalue weighted by atomic mass is 9.97. The van der Waals surface area contributed by atoms with Crippen LogP contribution in [0, 0.1) is 0 Å². The molecule has 5 nitrogen and oxygen atoms in total. The standard InChI is InChI=1S/C16H21F3N2O3/c1-23-7-8-24-13-4-2-3-11(9-13)15(22)21-10-12(20)5-6-14(21)16(17,18)19/h2-4,9,12,14H,5-8,10,20H2,1H3/t12-,14+/m1/s1. The minimum absolute atomic E-state index is 0.113. The summed E-state index contributed by atoms with van der Waals surface area (Å²) in [4.78, 5) is 13.4. The van der Waals surface area contributed by atoms with Gasteiger partial charge in [-0.3, -0.25) is 4.79 Å². The first-order valence-corrected chi connectivity index (χ1v) is 7.68. The van der Waals surface area contributed by atoms with Gasteiger partial charge in [-0.1, -0.05) is 6.07 Å². The van der Waals surface area contributed by atoms with Crippen molar-refractivity contribution in [3.05, 3.63) is 29.8 Å². The van der Waals surface area contributed by atoms with Crippen molar-refractivity contribution >= 4 is 5.91 Å². The van der Waals surface area contributed by atoms with Crippen molar-refractivity contribution in [3.63, 3.8) is 0 Å². The molecule has 1 aliphatic heterocycles. The molecule has 1 aromatic rings. The van der Waals surface area contributed by atoms with Gasteiger partial charge in [0.25, 0.3) is 5.91 Å². The second-order valence-corrected chi connectivity index (χ2v) is 5.72. The fourth-order valence-electron chi connectivity index (χ4n) is 2.69. The monoisotopic (exact) mass is 346 g/mol. The number of likely N-dealkylation sites (tertiary alicyclic amines) is 1. The van der Waals surface area contributed by atoms with Gasteiger partial charge in [0, 0.05) is 25.3 Å². The molecule has 0 radical (unpaired) electrons. The molecular weight excluding hydrogens is 325 g/mol. The van der Waals surface area contributed by atoms with Crippen LogP contribution in [0.4, 0.5) is 13.2 Å². The molecule has 2 atom stereocenters. The number of nitrogens with zero attached hydrogens (tertiary/aromatic N) is 1. The van der Waals surface area contributed by atoms with Crippen LogP contribution < -0.4 is 10.5 Å². The van der Waals surface area contributed by atoms with Crippen LogP contribution in [0.25, 0.3) is 0 Å². The number of ether oxygens (including phenoxy) is 2. The highest BCUT2D eigenvalue weighted by Gasteiger charge is 2.47. The first kappa shape index (κ1) is 18.5. The van der Waals surface area contributed by atoms with E-state index in [1.165, 1.54) is 19.2 Å². The van der Waals surface area contributed by atoms with E-state index in [0.717, 1.165) is 4.90 Å². The molecular formula is C16H21F3N2O3. The van der Waals surface area contributed by atoms with E-state index in [-0.39, 0.29) is 31.6 Å². The summed E-state index contributed by atoms with van der Waals surface area (Å²) in [5, 5.41) is 0. The van der Waals surface area contributed by atoms with Crippen molar-refractivity contribution in [1.82, 2.24) is 4.90 Å². The minimum atomic E-state index is -4.47. The highest BCUT2D eigenvalue weighted by Crippen LogP contribution is 2.32. The van der Waals surface area contributed by atoms with E-state index in [2.05, 4.69) is 0 Å². The number of hydrogen-bond donors (Lipinski definition) is 1. The molecule has 8 heteroatoms. The molecule has 0 aromatic heterocycles. The van der Waals surface area contributed by atoms with Gasteiger partial charge in [-0.2, -0.15) is 13.2 Å². The fraction of sp³-hybridized carbons (Fsp3) is 0.562. The maximum absolute atomic E-state index is 13.2. The van der Waals surface area contributed by atoms with Crippen molar-refractivity contribution in [3.8, 4) is 5.75 Å². The summed E-state index contributed by atoms with van der Waals surface area (Å²) in [7, 11) is 1.53. The van der Waals surface area contributed by atoms with Gasteiger partial charge < -0.3 is 20.1 Å². The number of methoxy groups -OCH3 is 1. The Morgan fingerprint density at radius 3 is 2.75 bits per heavy atom. The molecule has 0 spiro atoms. The summed E-state index contributed by atoms with van der Waals surface area (Å²) in [5.74, 6) is -0.285. The SMILES string of the molecule is COCCOc1cccc(C(=O)N2C[C@H](N)CC[C@H]2C(F)(F)F)c1. The predicted octanol–water partition coefficient (Wildman–Crippen LogP) is 2.21. The normalized spacial score (nSPS) is 21.6. The summed E-state index contributed by atoms with van der Waals surface area (Å²) >= 11 is 0. The van der Waals surface area contributed by atoms with Crippen molar-refractivity contribution in [2.75, 3.05) is 26.9 Å². The number of alkyl halides is 3. The molecule has 1 aliphatic rings. The Kier molecular flexibility index (Phi) is 6.06. The van der Waals surface area contributed by atoms with E-state index in [0.29, 0.717) is 12.4 Å². The lowest BCUT2D eigenvalue weighted by molar-refractivity contribution is -0.184. The third-order valence-corrected chi connectivity index (χ3v) is 3.89. The van der Waals surface area contributed by atoms with E-state index in [1.54, 1.807) is 12.1 Å². The van der Waals surface area contributed by atoms with E-state index in [9.17, 15) is 18.0 Å². The third-order valence-electron chi connectivity index (χ3n) is 3.89. The average Bonchev–Trinajstić information content (AvgIpc) is 2.53. The molecule has 2 rings (SSSR count). The van der Waals surface area contributed by atoms with Crippen molar-refractivity contribution in [2.45, 2.75) is 31.1 Å². The van der Waals surface area contributed by atoms with Crippen LogP contribution in [-0.4, -0.2) is 55.9 Å². The fourth-order valence-corrected chi connectivity index (χ4v) is 2.69. The van der Waals surface area contributed by atoms with Crippen LogP contribution in [0.5, 0.6) is 5.75 Å². The largest absolute Gasteiger partial charge is 0.491 e. The lowest BCUT2D eigenvalue weighted by Gasteiger charge is -2.39. The Morgan fingerprint density at radius 1 is 1.33 bits per heavy atom. The lowest BCUT2D eigenvalue weighted by Crippen LogP contribution is -2.56.